The first-order valence-corrected chi connectivity index (χ1v) is 10.2. The number of aromatic nitrogens is 1. The summed E-state index contributed by atoms with van der Waals surface area (Å²) in [6, 6.07) is 13.6. The zero-order valence-electron chi connectivity index (χ0n) is 16.4. The summed E-state index contributed by atoms with van der Waals surface area (Å²) in [5.41, 5.74) is 12.9. The zero-order chi connectivity index (χ0) is 20.4. The van der Waals surface area contributed by atoms with E-state index in [0.717, 1.165) is 22.3 Å². The van der Waals surface area contributed by atoms with Gasteiger partial charge in [-0.15, -0.1) is 0 Å². The van der Waals surface area contributed by atoms with E-state index >= 15 is 0 Å². The summed E-state index contributed by atoms with van der Waals surface area (Å²) in [6.07, 6.45) is 6.20. The van der Waals surface area contributed by atoms with Crippen LogP contribution in [0.25, 0.3) is 11.1 Å². The van der Waals surface area contributed by atoms with E-state index in [2.05, 4.69) is 16.4 Å². The lowest BCUT2D eigenvalue weighted by atomic mass is 9.95. The number of rotatable bonds is 6. The fourth-order valence-electron chi connectivity index (χ4n) is 3.69. The average molecular weight is 406 g/mol. The van der Waals surface area contributed by atoms with Crippen LogP contribution in [0.5, 0.6) is 0 Å². The molecule has 1 aliphatic carbocycles. The molecule has 0 unspecified atom stereocenters. The molecule has 4 nitrogen and oxygen atoms in total. The molecule has 1 amide bonds. The van der Waals surface area contributed by atoms with Crippen LogP contribution in [0, 0.1) is 6.92 Å². The van der Waals surface area contributed by atoms with Crippen LogP contribution in [0.1, 0.15) is 51.4 Å². The van der Waals surface area contributed by atoms with Crippen molar-refractivity contribution in [1.29, 1.82) is 0 Å². The number of carbonyl (C=O) groups excluding carboxylic acids is 1. The van der Waals surface area contributed by atoms with Crippen molar-refractivity contribution >= 4 is 17.5 Å². The van der Waals surface area contributed by atoms with Gasteiger partial charge in [0, 0.05) is 36.1 Å². The second kappa shape index (κ2) is 8.36. The Bertz CT molecular complexity index is 1060. The molecule has 0 bridgehead atoms. The van der Waals surface area contributed by atoms with E-state index in [0.29, 0.717) is 29.6 Å². The third kappa shape index (κ3) is 4.50. The third-order valence-electron chi connectivity index (χ3n) is 5.35. The van der Waals surface area contributed by atoms with Crippen LogP contribution >= 0.6 is 11.6 Å². The molecule has 3 aromatic rings. The number of carbonyl (C=O) groups is 1. The van der Waals surface area contributed by atoms with Gasteiger partial charge in [0.15, 0.2) is 0 Å². The van der Waals surface area contributed by atoms with Crippen molar-refractivity contribution < 1.29 is 4.79 Å². The number of halogens is 1. The average Bonchev–Trinajstić information content (AvgIpc) is 3.57. The highest BCUT2D eigenvalue weighted by Gasteiger charge is 2.26. The minimum Gasteiger partial charge on any atom is -0.348 e. The van der Waals surface area contributed by atoms with Crippen molar-refractivity contribution in [2.24, 2.45) is 5.73 Å². The number of hydrogen-bond donors (Lipinski definition) is 2. The molecule has 1 saturated carbocycles. The lowest BCUT2D eigenvalue weighted by Crippen LogP contribution is -2.24. The number of amides is 1. The van der Waals surface area contributed by atoms with Gasteiger partial charge in [-0.1, -0.05) is 23.7 Å². The van der Waals surface area contributed by atoms with Gasteiger partial charge in [-0.3, -0.25) is 9.78 Å². The highest BCUT2D eigenvalue weighted by Crippen LogP contribution is 2.44. The first-order chi connectivity index (χ1) is 14.0. The lowest BCUT2D eigenvalue weighted by Gasteiger charge is -2.13. The number of nitrogens with zero attached hydrogens (tertiary/aromatic N) is 1. The molecule has 2 aromatic carbocycles. The van der Waals surface area contributed by atoms with Crippen LogP contribution in [0.15, 0.2) is 54.9 Å². The highest BCUT2D eigenvalue weighted by molar-refractivity contribution is 6.30. The van der Waals surface area contributed by atoms with Crippen LogP contribution < -0.4 is 11.1 Å². The first-order valence-electron chi connectivity index (χ1n) is 9.86. The van der Waals surface area contributed by atoms with Gasteiger partial charge < -0.3 is 11.1 Å². The largest absolute Gasteiger partial charge is 0.348 e. The van der Waals surface area contributed by atoms with Crippen LogP contribution in [-0.2, 0) is 13.1 Å². The van der Waals surface area contributed by atoms with Gasteiger partial charge in [0.2, 0.25) is 0 Å². The van der Waals surface area contributed by atoms with E-state index in [4.69, 9.17) is 17.3 Å². The van der Waals surface area contributed by atoms with E-state index < -0.39 is 0 Å². The quantitative estimate of drug-likeness (QED) is 0.607. The molecule has 1 fully saturated rings. The standard InChI is InChI=1S/C24H24ClN3O/c1-15-8-18(22-6-7-27-14-23(22)16-2-3-16)10-19(9-15)24(29)28-13-20-11-21(25)5-4-17(20)12-26/h4-11,14,16H,2-3,12-13,26H2,1H3,(H,28,29). The Kier molecular flexibility index (Phi) is 5.65. The van der Waals surface area contributed by atoms with E-state index in [1.165, 1.54) is 24.0 Å². The van der Waals surface area contributed by atoms with E-state index in [1.54, 1.807) is 0 Å². The maximum Gasteiger partial charge on any atom is 0.251 e. The molecule has 4 rings (SSSR count). The minimum atomic E-state index is -0.111. The van der Waals surface area contributed by atoms with Crippen LogP contribution in [-0.4, -0.2) is 10.9 Å². The molecule has 5 heteroatoms. The van der Waals surface area contributed by atoms with Crippen molar-refractivity contribution in [3.05, 3.63) is 87.7 Å². The fourth-order valence-corrected chi connectivity index (χ4v) is 3.89. The Morgan fingerprint density at radius 2 is 2.00 bits per heavy atom. The summed E-state index contributed by atoms with van der Waals surface area (Å²) in [5.74, 6) is 0.480. The van der Waals surface area contributed by atoms with E-state index in [1.807, 2.05) is 55.7 Å². The van der Waals surface area contributed by atoms with Crippen LogP contribution in [0.2, 0.25) is 5.02 Å². The Morgan fingerprint density at radius 1 is 1.17 bits per heavy atom. The maximum absolute atomic E-state index is 12.9. The van der Waals surface area contributed by atoms with Gasteiger partial charge >= 0.3 is 0 Å². The van der Waals surface area contributed by atoms with Gasteiger partial charge in [-0.05, 0) is 89.4 Å². The number of benzene rings is 2. The van der Waals surface area contributed by atoms with Crippen LogP contribution in [0.4, 0.5) is 0 Å². The minimum absolute atomic E-state index is 0.111. The molecule has 29 heavy (non-hydrogen) atoms. The first kappa shape index (κ1) is 19.6. The molecular formula is C24H24ClN3O. The lowest BCUT2D eigenvalue weighted by molar-refractivity contribution is 0.0951. The number of hydrogen-bond acceptors (Lipinski definition) is 3. The van der Waals surface area contributed by atoms with E-state index in [9.17, 15) is 4.79 Å². The smallest absolute Gasteiger partial charge is 0.251 e. The van der Waals surface area contributed by atoms with Gasteiger partial charge in [-0.25, -0.2) is 0 Å². The highest BCUT2D eigenvalue weighted by atomic mass is 35.5. The predicted molar refractivity (Wildman–Crippen MR) is 117 cm³/mol. The topological polar surface area (TPSA) is 68.0 Å². The van der Waals surface area contributed by atoms with Crippen molar-refractivity contribution in [2.45, 2.75) is 38.8 Å². The molecule has 0 spiro atoms. The second-order valence-corrected chi connectivity index (χ2v) is 8.06. The molecule has 3 N–H and O–H groups in total. The summed E-state index contributed by atoms with van der Waals surface area (Å²) in [5, 5.41) is 3.64. The summed E-state index contributed by atoms with van der Waals surface area (Å²) in [7, 11) is 0. The van der Waals surface area contributed by atoms with Gasteiger partial charge in [0.1, 0.15) is 0 Å². The van der Waals surface area contributed by atoms with E-state index in [-0.39, 0.29) is 5.91 Å². The predicted octanol–water partition coefficient (Wildman–Crippen LogP) is 4.98. The van der Waals surface area contributed by atoms with Crippen LogP contribution in [0.3, 0.4) is 0 Å². The zero-order valence-corrected chi connectivity index (χ0v) is 17.2. The molecule has 1 heterocycles. The molecular weight excluding hydrogens is 382 g/mol. The number of pyridine rings is 1. The Labute approximate surface area is 176 Å². The van der Waals surface area contributed by atoms with Gasteiger partial charge in [0.25, 0.3) is 5.91 Å². The third-order valence-corrected chi connectivity index (χ3v) is 5.58. The van der Waals surface area contributed by atoms with Crippen molar-refractivity contribution in [2.75, 3.05) is 0 Å². The number of aryl methyl sites for hydroxylation is 1. The number of nitrogens with two attached hydrogens (primary N) is 1. The Morgan fingerprint density at radius 3 is 2.76 bits per heavy atom. The monoisotopic (exact) mass is 405 g/mol. The molecule has 148 valence electrons. The maximum atomic E-state index is 12.9. The molecule has 0 saturated heterocycles. The Balaban J connectivity index is 1.58. The summed E-state index contributed by atoms with van der Waals surface area (Å²) in [6.45, 7) is 2.81. The van der Waals surface area contributed by atoms with Crippen molar-refractivity contribution in [3.63, 3.8) is 0 Å². The van der Waals surface area contributed by atoms with Gasteiger partial charge in [-0.2, -0.15) is 0 Å². The Hall–Kier alpha value is -2.69. The van der Waals surface area contributed by atoms with Crippen molar-refractivity contribution in [3.8, 4) is 11.1 Å². The number of nitrogens with one attached hydrogen (secondary N) is 1. The summed E-state index contributed by atoms with van der Waals surface area (Å²) >= 11 is 6.10. The molecule has 0 atom stereocenters. The molecule has 0 radical (unpaired) electrons. The SMILES string of the molecule is Cc1cc(C(=O)NCc2cc(Cl)ccc2CN)cc(-c2ccncc2C2CC2)c1. The second-order valence-electron chi connectivity index (χ2n) is 7.62. The summed E-state index contributed by atoms with van der Waals surface area (Å²) < 4.78 is 0. The van der Waals surface area contributed by atoms with Crippen molar-refractivity contribution in [1.82, 2.24) is 10.3 Å². The molecule has 0 aliphatic heterocycles. The van der Waals surface area contributed by atoms with Gasteiger partial charge in [0.05, 0.1) is 0 Å². The summed E-state index contributed by atoms with van der Waals surface area (Å²) in [4.78, 5) is 17.2. The normalized spacial score (nSPS) is 13.3. The fraction of sp³-hybridized carbons (Fsp3) is 0.250. The molecule has 1 aliphatic rings. The molecule has 1 aromatic heterocycles.